The summed E-state index contributed by atoms with van der Waals surface area (Å²) in [6, 6.07) is 0. The SMILES string of the molecule is C=C/C=C(CC1CC2CCC=CC2C1(C)C)/C(/C=C\C(=C)I)=C1\C=CC=CC1. The molecule has 1 heteroatoms. The van der Waals surface area contributed by atoms with Gasteiger partial charge in [0.15, 0.2) is 0 Å². The van der Waals surface area contributed by atoms with Crippen molar-refractivity contribution in [3.63, 3.8) is 0 Å². The molecule has 148 valence electrons. The van der Waals surface area contributed by atoms with E-state index in [9.17, 15) is 0 Å². The third kappa shape index (κ3) is 4.79. The van der Waals surface area contributed by atoms with Crippen molar-refractivity contribution in [3.05, 3.63) is 94.2 Å². The van der Waals surface area contributed by atoms with Crippen LogP contribution in [0.3, 0.4) is 0 Å². The Bertz CT molecular complexity index is 794. The van der Waals surface area contributed by atoms with Crippen LogP contribution in [0.1, 0.15) is 46.0 Å². The van der Waals surface area contributed by atoms with Crippen LogP contribution >= 0.6 is 22.6 Å². The van der Waals surface area contributed by atoms with Gasteiger partial charge in [-0.3, -0.25) is 0 Å². The molecule has 0 aromatic carbocycles. The van der Waals surface area contributed by atoms with Crippen molar-refractivity contribution < 1.29 is 0 Å². The lowest BCUT2D eigenvalue weighted by Crippen LogP contribution is -2.27. The molecule has 0 aromatic rings. The van der Waals surface area contributed by atoms with Crippen molar-refractivity contribution in [1.29, 1.82) is 0 Å². The van der Waals surface area contributed by atoms with Crippen LogP contribution in [0, 0.1) is 23.2 Å². The Balaban J connectivity index is 1.93. The van der Waals surface area contributed by atoms with Crippen LogP contribution in [0.25, 0.3) is 0 Å². The Morgan fingerprint density at radius 2 is 2.07 bits per heavy atom. The molecule has 28 heavy (non-hydrogen) atoms. The normalized spacial score (nSPS) is 30.5. The summed E-state index contributed by atoms with van der Waals surface area (Å²) in [7, 11) is 0. The van der Waals surface area contributed by atoms with Crippen molar-refractivity contribution in [2.75, 3.05) is 0 Å². The monoisotopic (exact) mass is 484 g/mol. The summed E-state index contributed by atoms with van der Waals surface area (Å²) in [5.74, 6) is 2.29. The molecule has 3 aliphatic carbocycles. The van der Waals surface area contributed by atoms with Crippen LogP contribution in [-0.2, 0) is 0 Å². The van der Waals surface area contributed by atoms with Crippen molar-refractivity contribution in [2.24, 2.45) is 23.2 Å². The van der Waals surface area contributed by atoms with Gasteiger partial charge in [0, 0.05) is 3.58 Å². The average Bonchev–Trinajstić information content (AvgIpc) is 2.93. The van der Waals surface area contributed by atoms with Gasteiger partial charge in [0.25, 0.3) is 0 Å². The minimum Gasteiger partial charge on any atom is -0.0991 e. The second-order valence-corrected chi connectivity index (χ2v) is 10.3. The third-order valence-corrected chi connectivity index (χ3v) is 7.20. The number of hydrogen-bond donors (Lipinski definition) is 0. The molecule has 0 spiro atoms. The summed E-state index contributed by atoms with van der Waals surface area (Å²) in [4.78, 5) is 0. The number of rotatable bonds is 6. The van der Waals surface area contributed by atoms with Gasteiger partial charge >= 0.3 is 0 Å². The molecule has 1 fully saturated rings. The van der Waals surface area contributed by atoms with E-state index in [-0.39, 0.29) is 0 Å². The molecule has 3 unspecified atom stereocenters. The fraction of sp³-hybridized carbons (Fsp3) is 0.407. The van der Waals surface area contributed by atoms with Gasteiger partial charge in [-0.15, -0.1) is 0 Å². The lowest BCUT2D eigenvalue weighted by molar-refractivity contribution is 0.200. The summed E-state index contributed by atoms with van der Waals surface area (Å²) in [6.45, 7) is 13.0. The smallest absolute Gasteiger partial charge is 0.00581 e. The minimum atomic E-state index is 0.344. The maximum atomic E-state index is 4.05. The number of allylic oxidation sites excluding steroid dienone is 14. The van der Waals surface area contributed by atoms with Gasteiger partial charge in [-0.2, -0.15) is 0 Å². The highest BCUT2D eigenvalue weighted by Crippen LogP contribution is 2.56. The van der Waals surface area contributed by atoms with Gasteiger partial charge < -0.3 is 0 Å². The molecule has 0 N–H and O–H groups in total. The molecule has 3 rings (SSSR count). The summed E-state index contributed by atoms with van der Waals surface area (Å²) >= 11 is 2.29. The Kier molecular flexibility index (Phi) is 7.20. The van der Waals surface area contributed by atoms with Gasteiger partial charge in [-0.05, 0) is 101 Å². The van der Waals surface area contributed by atoms with Crippen LogP contribution in [0.15, 0.2) is 94.2 Å². The lowest BCUT2D eigenvalue weighted by Gasteiger charge is -2.34. The topological polar surface area (TPSA) is 0 Å². The second kappa shape index (κ2) is 9.43. The van der Waals surface area contributed by atoms with E-state index in [0.717, 1.165) is 28.3 Å². The van der Waals surface area contributed by atoms with E-state index in [0.29, 0.717) is 11.3 Å². The molecule has 1 saturated carbocycles. The maximum Gasteiger partial charge on any atom is 0.00581 e. The first-order chi connectivity index (χ1) is 13.4. The van der Waals surface area contributed by atoms with E-state index in [1.807, 2.05) is 6.08 Å². The fourth-order valence-electron chi connectivity index (χ4n) is 5.28. The molecule has 0 aliphatic heterocycles. The van der Waals surface area contributed by atoms with Gasteiger partial charge in [0.05, 0.1) is 0 Å². The lowest BCUT2D eigenvalue weighted by atomic mass is 9.70. The molecular weight excluding hydrogens is 451 g/mol. The summed E-state index contributed by atoms with van der Waals surface area (Å²) in [5, 5.41) is 0. The minimum absolute atomic E-state index is 0.344. The largest absolute Gasteiger partial charge is 0.0991 e. The zero-order valence-electron chi connectivity index (χ0n) is 17.3. The Morgan fingerprint density at radius 3 is 2.71 bits per heavy atom. The predicted molar refractivity (Wildman–Crippen MR) is 132 cm³/mol. The summed E-state index contributed by atoms with van der Waals surface area (Å²) in [5.41, 5.74) is 4.49. The molecule has 3 atom stereocenters. The summed E-state index contributed by atoms with van der Waals surface area (Å²) in [6.07, 6.45) is 28.4. The van der Waals surface area contributed by atoms with Crippen molar-refractivity contribution in [1.82, 2.24) is 0 Å². The maximum absolute atomic E-state index is 4.05. The zero-order chi connectivity index (χ0) is 20.1. The van der Waals surface area contributed by atoms with Gasteiger partial charge in [0.2, 0.25) is 0 Å². The highest BCUT2D eigenvalue weighted by atomic mass is 127. The summed E-state index contributed by atoms with van der Waals surface area (Å²) < 4.78 is 1.06. The van der Waals surface area contributed by atoms with E-state index in [1.165, 1.54) is 36.0 Å². The highest BCUT2D eigenvalue weighted by molar-refractivity contribution is 14.1. The third-order valence-electron chi connectivity index (χ3n) is 6.84. The van der Waals surface area contributed by atoms with Crippen molar-refractivity contribution in [3.8, 4) is 0 Å². The van der Waals surface area contributed by atoms with Gasteiger partial charge in [-0.1, -0.05) is 81.7 Å². The molecule has 0 bridgehead atoms. The molecule has 0 amide bonds. The van der Waals surface area contributed by atoms with Crippen LogP contribution in [0.5, 0.6) is 0 Å². The predicted octanol–water partition coefficient (Wildman–Crippen LogP) is 8.44. The van der Waals surface area contributed by atoms with Crippen LogP contribution in [0.4, 0.5) is 0 Å². The Hall–Kier alpha value is -1.35. The first-order valence-corrected chi connectivity index (χ1v) is 11.6. The van der Waals surface area contributed by atoms with E-state index in [4.69, 9.17) is 0 Å². The molecule has 0 heterocycles. The van der Waals surface area contributed by atoms with E-state index in [1.54, 1.807) is 0 Å². The molecule has 0 saturated heterocycles. The zero-order valence-corrected chi connectivity index (χ0v) is 19.5. The second-order valence-electron chi connectivity index (χ2n) is 8.89. The van der Waals surface area contributed by atoms with Crippen LogP contribution < -0.4 is 0 Å². The molecule has 0 aromatic heterocycles. The van der Waals surface area contributed by atoms with Crippen LogP contribution in [0.2, 0.25) is 0 Å². The van der Waals surface area contributed by atoms with E-state index >= 15 is 0 Å². The number of fused-ring (bicyclic) bond motifs is 1. The molecule has 3 aliphatic rings. The van der Waals surface area contributed by atoms with Crippen molar-refractivity contribution in [2.45, 2.75) is 46.0 Å². The van der Waals surface area contributed by atoms with E-state index < -0.39 is 0 Å². The first kappa shape index (κ1) is 21.4. The quantitative estimate of drug-likeness (QED) is 0.202. The Labute approximate surface area is 185 Å². The van der Waals surface area contributed by atoms with E-state index in [2.05, 4.69) is 104 Å². The average molecular weight is 484 g/mol. The van der Waals surface area contributed by atoms with Gasteiger partial charge in [0.1, 0.15) is 0 Å². The standard InChI is InChI=1S/C27H33I/c1-5-11-22(25(17-16-20(2)28)21-12-7-6-8-13-21)18-24-19-23-14-9-10-15-26(23)27(24,3)4/h5-8,10-12,15-17,23-24,26H,1-2,9,13-14,18-19H2,3-4H3/b17-16-,22-11+,25-21+. The highest BCUT2D eigenvalue weighted by Gasteiger charge is 2.47. The number of hydrogen-bond acceptors (Lipinski definition) is 0. The van der Waals surface area contributed by atoms with Crippen molar-refractivity contribution >= 4 is 22.6 Å². The van der Waals surface area contributed by atoms with Crippen LogP contribution in [-0.4, -0.2) is 0 Å². The molecular formula is C27H33I. The number of halogens is 1. The molecule has 0 nitrogen and oxygen atoms in total. The first-order valence-electron chi connectivity index (χ1n) is 10.5. The molecule has 0 radical (unpaired) electrons. The Morgan fingerprint density at radius 1 is 1.25 bits per heavy atom. The fourth-order valence-corrected chi connectivity index (χ4v) is 5.46. The van der Waals surface area contributed by atoms with Gasteiger partial charge in [-0.25, -0.2) is 0 Å².